The Labute approximate surface area is 272 Å². The largest absolute Gasteiger partial charge is 0.373 e. The average molecular weight is 689 g/mol. The molecule has 0 radical (unpaired) electrons. The predicted molar refractivity (Wildman–Crippen MR) is 168 cm³/mol. The zero-order valence-corrected chi connectivity index (χ0v) is 26.5. The van der Waals surface area contributed by atoms with Gasteiger partial charge in [-0.2, -0.15) is 13.9 Å². The van der Waals surface area contributed by atoms with Crippen molar-refractivity contribution < 1.29 is 26.3 Å². The van der Waals surface area contributed by atoms with Crippen LogP contribution >= 0.6 is 22.9 Å². The first kappa shape index (κ1) is 31.1. The third kappa shape index (κ3) is 6.11. The predicted octanol–water partition coefficient (Wildman–Crippen LogP) is 6.18. The van der Waals surface area contributed by atoms with Gasteiger partial charge in [0.2, 0.25) is 10.0 Å². The monoisotopic (exact) mass is 688 g/mol. The van der Waals surface area contributed by atoms with E-state index in [1.165, 1.54) is 41.8 Å². The summed E-state index contributed by atoms with van der Waals surface area (Å²) in [6.45, 7) is -2.22. The van der Waals surface area contributed by atoms with Crippen LogP contribution in [0.1, 0.15) is 53.7 Å². The van der Waals surface area contributed by atoms with Crippen LogP contribution in [0.2, 0.25) is 5.02 Å². The van der Waals surface area contributed by atoms with Crippen molar-refractivity contribution in [3.63, 3.8) is 0 Å². The van der Waals surface area contributed by atoms with Gasteiger partial charge in [-0.1, -0.05) is 48.0 Å². The summed E-state index contributed by atoms with van der Waals surface area (Å²) in [7, 11) is -3.72. The molecule has 15 heteroatoms. The molecule has 1 saturated carbocycles. The molecular weight excluding hydrogens is 661 g/mol. The second-order valence-electron chi connectivity index (χ2n) is 11.4. The molecule has 2 aromatic heterocycles. The van der Waals surface area contributed by atoms with Gasteiger partial charge >= 0.3 is 6.55 Å². The maximum absolute atomic E-state index is 14.1. The Morgan fingerprint density at radius 1 is 1.13 bits per heavy atom. The Morgan fingerprint density at radius 3 is 2.63 bits per heavy atom. The normalized spacial score (nSPS) is 23.1. The Balaban J connectivity index is 1.18. The lowest BCUT2D eigenvalue weighted by atomic mass is 9.92. The van der Waals surface area contributed by atoms with Crippen LogP contribution in [0.5, 0.6) is 0 Å². The Hall–Kier alpha value is -3.56. The molecule has 1 saturated heterocycles. The third-order valence-corrected chi connectivity index (χ3v) is 11.4. The second kappa shape index (κ2) is 12.6. The van der Waals surface area contributed by atoms with E-state index < -0.39 is 39.7 Å². The number of hydrogen-bond acceptors (Lipinski definition) is 8. The molecule has 4 aromatic rings. The number of amidine groups is 1. The first-order chi connectivity index (χ1) is 22.2. The molecule has 2 atom stereocenters. The fourth-order valence-corrected chi connectivity index (χ4v) is 8.72. The summed E-state index contributed by atoms with van der Waals surface area (Å²) in [4.78, 5) is 11.3. The Kier molecular flexibility index (Phi) is 8.48. The van der Waals surface area contributed by atoms with E-state index in [2.05, 4.69) is 14.8 Å². The number of fused-ring (bicyclic) bond motifs is 1. The first-order valence-electron chi connectivity index (χ1n) is 14.6. The molecule has 46 heavy (non-hydrogen) atoms. The molecule has 0 unspecified atom stereocenters. The Morgan fingerprint density at radius 2 is 1.93 bits per heavy atom. The highest BCUT2D eigenvalue weighted by atomic mass is 35.5. The van der Waals surface area contributed by atoms with E-state index in [-0.39, 0.29) is 29.8 Å². The molecule has 240 valence electrons. The van der Waals surface area contributed by atoms with Crippen LogP contribution in [0.4, 0.5) is 13.2 Å². The van der Waals surface area contributed by atoms with E-state index in [4.69, 9.17) is 21.3 Å². The number of nitrogens with zero attached hydrogens (tertiary/aromatic N) is 5. The highest BCUT2D eigenvalue weighted by Gasteiger charge is 2.45. The zero-order valence-electron chi connectivity index (χ0n) is 24.1. The minimum absolute atomic E-state index is 0.108. The van der Waals surface area contributed by atoms with Crippen molar-refractivity contribution in [2.45, 2.75) is 55.9 Å². The third-order valence-electron chi connectivity index (χ3n) is 8.37. The van der Waals surface area contributed by atoms with Crippen molar-refractivity contribution in [2.75, 3.05) is 6.54 Å². The van der Waals surface area contributed by atoms with Crippen molar-refractivity contribution in [3.05, 3.63) is 111 Å². The van der Waals surface area contributed by atoms with Gasteiger partial charge in [0.05, 0.1) is 23.7 Å². The number of benzene rings is 2. The summed E-state index contributed by atoms with van der Waals surface area (Å²) in [5.74, 6) is -0.0577. The lowest BCUT2D eigenvalue weighted by Gasteiger charge is -2.35. The highest BCUT2D eigenvalue weighted by Crippen LogP contribution is 2.46. The smallest absolute Gasteiger partial charge is 0.333 e. The minimum Gasteiger partial charge on any atom is -0.373 e. The SMILES string of the molecule is O=S(=O)(N[C@H]1CC2=C(c3ccn(C(F)F)n3)[C@H](c3ccc(F)cc3Cl)N=C(c3nccs3)N2C1)C1CC(OCc2ccccc2)C1. The van der Waals surface area contributed by atoms with Gasteiger partial charge in [0.15, 0.2) is 10.8 Å². The standard InChI is InChI=1S/C31H28ClF3N6O3S2/c32-24-12-19(33)6-7-23(24)28-27(25-8-10-41(38-25)31(34)35)26-13-20(16-40(26)29(37-28)30-36-9-11-45-30)39-46(42,43)22-14-21(15-22)44-17-18-4-2-1-3-5-18/h1-12,20-22,28,31,39H,13-17H2/t20-,21?,22?,28-/m0/s1. The lowest BCUT2D eigenvalue weighted by molar-refractivity contribution is -0.00673. The van der Waals surface area contributed by atoms with Crippen LogP contribution in [-0.4, -0.2) is 57.9 Å². The van der Waals surface area contributed by atoms with Crippen molar-refractivity contribution >= 4 is 44.4 Å². The molecule has 4 heterocycles. The number of ether oxygens (including phenoxy) is 1. The topological polar surface area (TPSA) is 102 Å². The van der Waals surface area contributed by atoms with Crippen LogP contribution in [0.15, 0.2) is 83.1 Å². The van der Waals surface area contributed by atoms with Crippen molar-refractivity contribution in [3.8, 4) is 0 Å². The maximum atomic E-state index is 14.1. The molecule has 1 N–H and O–H groups in total. The molecule has 0 spiro atoms. The molecule has 2 fully saturated rings. The molecule has 0 amide bonds. The van der Waals surface area contributed by atoms with E-state index in [0.717, 1.165) is 5.56 Å². The number of thiazole rings is 1. The summed E-state index contributed by atoms with van der Waals surface area (Å²) < 4.78 is 77.6. The average Bonchev–Trinajstić information content (AvgIpc) is 3.77. The zero-order chi connectivity index (χ0) is 32.0. The number of aliphatic imine (C=N–C) groups is 1. The van der Waals surface area contributed by atoms with Gasteiger partial charge < -0.3 is 9.64 Å². The lowest BCUT2D eigenvalue weighted by Crippen LogP contribution is -2.49. The van der Waals surface area contributed by atoms with Gasteiger partial charge in [-0.15, -0.1) is 11.3 Å². The van der Waals surface area contributed by atoms with Gasteiger partial charge in [-0.3, -0.25) is 4.99 Å². The van der Waals surface area contributed by atoms with Crippen LogP contribution < -0.4 is 4.72 Å². The summed E-state index contributed by atoms with van der Waals surface area (Å²) in [6, 6.07) is 13.7. The molecule has 1 aliphatic carbocycles. The Bertz CT molecular complexity index is 1900. The van der Waals surface area contributed by atoms with Crippen LogP contribution in [0.3, 0.4) is 0 Å². The number of rotatable bonds is 10. The fourth-order valence-electron chi connectivity index (χ4n) is 6.06. The van der Waals surface area contributed by atoms with Crippen molar-refractivity contribution in [1.29, 1.82) is 0 Å². The molecule has 0 bridgehead atoms. The van der Waals surface area contributed by atoms with E-state index in [0.29, 0.717) is 51.8 Å². The number of nitrogens with one attached hydrogen (secondary N) is 1. The summed E-state index contributed by atoms with van der Waals surface area (Å²) in [6.07, 6.45) is 3.65. The van der Waals surface area contributed by atoms with Gasteiger partial charge in [0.25, 0.3) is 0 Å². The second-order valence-corrected chi connectivity index (χ2v) is 14.7. The van der Waals surface area contributed by atoms with Gasteiger partial charge in [-0.25, -0.2) is 27.2 Å². The number of alkyl halides is 2. The first-order valence-corrected chi connectivity index (χ1v) is 17.4. The number of halogens is 4. The van der Waals surface area contributed by atoms with E-state index in [9.17, 15) is 21.6 Å². The highest BCUT2D eigenvalue weighted by molar-refractivity contribution is 7.90. The fraction of sp³-hybridized carbons (Fsp3) is 0.323. The van der Waals surface area contributed by atoms with E-state index in [1.54, 1.807) is 11.6 Å². The van der Waals surface area contributed by atoms with Crippen molar-refractivity contribution in [2.24, 2.45) is 4.99 Å². The molecule has 3 aliphatic rings. The number of hydrogen-bond donors (Lipinski definition) is 1. The number of aromatic nitrogens is 3. The molecule has 7 rings (SSSR count). The van der Waals surface area contributed by atoms with Crippen LogP contribution in [0, 0.1) is 5.82 Å². The molecule has 9 nitrogen and oxygen atoms in total. The molecular formula is C31H28ClF3N6O3S2. The van der Waals surface area contributed by atoms with Gasteiger partial charge in [-0.05, 0) is 36.6 Å². The minimum atomic E-state index is -3.72. The summed E-state index contributed by atoms with van der Waals surface area (Å²) >= 11 is 7.87. The quantitative estimate of drug-likeness (QED) is 0.214. The maximum Gasteiger partial charge on any atom is 0.333 e. The summed E-state index contributed by atoms with van der Waals surface area (Å²) in [5, 5.41) is 6.02. The van der Waals surface area contributed by atoms with Gasteiger partial charge in [0.1, 0.15) is 11.9 Å². The van der Waals surface area contributed by atoms with Gasteiger partial charge in [0, 0.05) is 58.6 Å². The molecule has 2 aliphatic heterocycles. The van der Waals surface area contributed by atoms with Crippen LogP contribution in [0.25, 0.3) is 5.57 Å². The van der Waals surface area contributed by atoms with Crippen molar-refractivity contribution in [1.82, 2.24) is 24.4 Å². The van der Waals surface area contributed by atoms with E-state index >= 15 is 0 Å². The molecule has 2 aromatic carbocycles. The summed E-state index contributed by atoms with van der Waals surface area (Å²) in [5.41, 5.74) is 2.83. The number of sulfonamides is 1. The van der Waals surface area contributed by atoms with Crippen LogP contribution in [-0.2, 0) is 21.4 Å². The van der Waals surface area contributed by atoms with E-state index in [1.807, 2.05) is 35.2 Å².